The van der Waals surface area contributed by atoms with E-state index in [9.17, 15) is 4.79 Å². The lowest BCUT2D eigenvalue weighted by molar-refractivity contribution is 0.0787. The minimum atomic E-state index is -0.0595. The summed E-state index contributed by atoms with van der Waals surface area (Å²) in [6, 6.07) is 7.33. The Balaban J connectivity index is 1.63. The highest BCUT2D eigenvalue weighted by Crippen LogP contribution is 2.33. The van der Waals surface area contributed by atoms with Gasteiger partial charge in [-0.05, 0) is 44.5 Å². The summed E-state index contributed by atoms with van der Waals surface area (Å²) in [5.74, 6) is 1.68. The molecule has 1 aliphatic rings. The number of imidazole rings is 1. The number of hydrogen-bond donors (Lipinski definition) is 0. The van der Waals surface area contributed by atoms with Crippen LogP contribution in [0.3, 0.4) is 0 Å². The van der Waals surface area contributed by atoms with Crippen molar-refractivity contribution in [1.82, 2.24) is 19.4 Å². The summed E-state index contributed by atoms with van der Waals surface area (Å²) in [6.07, 6.45) is 4.50. The van der Waals surface area contributed by atoms with E-state index in [4.69, 9.17) is 21.3 Å². The number of likely N-dealkylation sites (tertiary alicyclic amines) is 1. The Morgan fingerprint density at radius 2 is 2.14 bits per heavy atom. The van der Waals surface area contributed by atoms with Gasteiger partial charge in [0.2, 0.25) is 0 Å². The van der Waals surface area contributed by atoms with Gasteiger partial charge in [0, 0.05) is 36.3 Å². The van der Waals surface area contributed by atoms with Crippen LogP contribution in [0.15, 0.2) is 36.7 Å². The van der Waals surface area contributed by atoms with E-state index in [0.717, 1.165) is 23.3 Å². The van der Waals surface area contributed by atoms with E-state index in [2.05, 4.69) is 23.4 Å². The number of amides is 1. The summed E-state index contributed by atoms with van der Waals surface area (Å²) in [7, 11) is 1.56. The molecule has 0 N–H and O–H groups in total. The van der Waals surface area contributed by atoms with Crippen LogP contribution in [-0.4, -0.2) is 45.5 Å². The smallest absolute Gasteiger partial charge is 0.257 e. The molecule has 0 aliphatic carbocycles. The van der Waals surface area contributed by atoms with Gasteiger partial charge >= 0.3 is 0 Å². The fourth-order valence-electron chi connectivity index (χ4n) is 3.96. The van der Waals surface area contributed by atoms with Gasteiger partial charge in [-0.25, -0.2) is 4.98 Å². The highest BCUT2D eigenvalue weighted by atomic mass is 35.5. The molecule has 146 valence electrons. The van der Waals surface area contributed by atoms with E-state index in [-0.39, 0.29) is 17.9 Å². The topological polar surface area (TPSA) is 60.2 Å². The van der Waals surface area contributed by atoms with Crippen molar-refractivity contribution in [2.45, 2.75) is 32.2 Å². The van der Waals surface area contributed by atoms with Crippen LogP contribution in [0, 0.1) is 0 Å². The van der Waals surface area contributed by atoms with Crippen molar-refractivity contribution < 1.29 is 9.53 Å². The fourth-order valence-corrected chi connectivity index (χ4v) is 4.14. The fraction of sp³-hybridized carbons (Fsp3) is 0.381. The summed E-state index contributed by atoms with van der Waals surface area (Å²) in [6.45, 7) is 5.59. The second-order valence-corrected chi connectivity index (χ2v) is 7.82. The summed E-state index contributed by atoms with van der Waals surface area (Å²) in [5.41, 5.74) is 2.48. The van der Waals surface area contributed by atoms with Crippen LogP contribution in [0.4, 0.5) is 0 Å². The zero-order valence-electron chi connectivity index (χ0n) is 16.2. The van der Waals surface area contributed by atoms with Crippen LogP contribution in [0.2, 0.25) is 5.02 Å². The number of fused-ring (bicyclic) bond motifs is 1. The van der Waals surface area contributed by atoms with Gasteiger partial charge in [0.1, 0.15) is 11.6 Å². The second kappa shape index (κ2) is 7.43. The third-order valence-corrected chi connectivity index (χ3v) is 5.50. The Morgan fingerprint density at radius 1 is 1.32 bits per heavy atom. The number of hydrogen-bond acceptors (Lipinski definition) is 4. The lowest BCUT2D eigenvalue weighted by Crippen LogP contribution is -2.29. The molecule has 1 amide bonds. The van der Waals surface area contributed by atoms with Crippen LogP contribution in [0.5, 0.6) is 5.75 Å². The Bertz CT molecular complexity index is 1030. The number of halogens is 1. The van der Waals surface area contributed by atoms with Gasteiger partial charge < -0.3 is 14.2 Å². The maximum absolute atomic E-state index is 13.1. The summed E-state index contributed by atoms with van der Waals surface area (Å²) >= 11 is 6.10. The van der Waals surface area contributed by atoms with Crippen LogP contribution >= 0.6 is 11.6 Å². The summed E-state index contributed by atoms with van der Waals surface area (Å²) < 4.78 is 7.59. The molecule has 6 nitrogen and oxygen atoms in total. The monoisotopic (exact) mass is 398 g/mol. The average molecular weight is 399 g/mol. The molecule has 7 heteroatoms. The number of benzene rings is 1. The molecule has 3 aromatic rings. The number of ether oxygens (including phenoxy) is 1. The van der Waals surface area contributed by atoms with Crippen LogP contribution in [0.25, 0.3) is 11.0 Å². The van der Waals surface area contributed by atoms with Crippen molar-refractivity contribution in [1.29, 1.82) is 0 Å². The van der Waals surface area contributed by atoms with Crippen LogP contribution < -0.4 is 4.74 Å². The van der Waals surface area contributed by atoms with Gasteiger partial charge in [0.15, 0.2) is 0 Å². The summed E-state index contributed by atoms with van der Waals surface area (Å²) in [4.78, 5) is 24.1. The molecule has 1 saturated heterocycles. The Morgan fingerprint density at radius 3 is 2.89 bits per heavy atom. The normalized spacial score (nSPS) is 16.9. The van der Waals surface area contributed by atoms with Crippen LogP contribution in [-0.2, 0) is 0 Å². The molecule has 1 aromatic carbocycles. The third-order valence-electron chi connectivity index (χ3n) is 5.27. The first-order valence-electron chi connectivity index (χ1n) is 9.44. The van der Waals surface area contributed by atoms with Gasteiger partial charge in [0.25, 0.3) is 5.91 Å². The first kappa shape index (κ1) is 18.7. The number of carbonyl (C=O) groups excluding carboxylic acids is 1. The number of nitrogens with zero attached hydrogens (tertiary/aromatic N) is 4. The molecular weight excluding hydrogens is 376 g/mol. The second-order valence-electron chi connectivity index (χ2n) is 7.38. The highest BCUT2D eigenvalue weighted by Gasteiger charge is 2.33. The first-order chi connectivity index (χ1) is 13.5. The van der Waals surface area contributed by atoms with Crippen molar-refractivity contribution in [2.24, 2.45) is 0 Å². The molecule has 0 spiro atoms. The summed E-state index contributed by atoms with van der Waals surface area (Å²) in [5, 5.41) is 0.522. The molecule has 1 aliphatic heterocycles. The number of methoxy groups -OCH3 is 1. The van der Waals surface area contributed by atoms with Gasteiger partial charge in [-0.2, -0.15) is 0 Å². The van der Waals surface area contributed by atoms with E-state index in [1.807, 2.05) is 17.2 Å². The largest absolute Gasteiger partial charge is 0.496 e. The van der Waals surface area contributed by atoms with E-state index < -0.39 is 0 Å². The molecule has 4 rings (SSSR count). The predicted octanol–water partition coefficient (Wildman–Crippen LogP) is 4.30. The number of pyridine rings is 1. The van der Waals surface area contributed by atoms with Crippen molar-refractivity contribution in [3.05, 3.63) is 53.1 Å². The van der Waals surface area contributed by atoms with Gasteiger partial charge in [-0.15, -0.1) is 0 Å². The average Bonchev–Trinajstić information content (AvgIpc) is 3.32. The van der Waals surface area contributed by atoms with Gasteiger partial charge in [-0.1, -0.05) is 11.6 Å². The molecule has 1 fully saturated rings. The maximum Gasteiger partial charge on any atom is 0.257 e. The zero-order chi connectivity index (χ0) is 19.8. The van der Waals surface area contributed by atoms with Crippen molar-refractivity contribution >= 4 is 28.5 Å². The standard InChI is InChI=1S/C21H23ClN4O2/c1-13(2)26-18-11-23-8-6-17(18)24-20(26)14-7-9-25(12-14)21(27)16-10-15(22)4-5-19(16)28-3/h4-6,8,10-11,13-14H,7,9,12H2,1-3H3/t14-/m1/s1. The van der Waals surface area contributed by atoms with E-state index >= 15 is 0 Å². The molecule has 0 radical (unpaired) electrons. The molecule has 1 atom stereocenters. The molecule has 3 heterocycles. The quantitative estimate of drug-likeness (QED) is 0.657. The lowest BCUT2D eigenvalue weighted by atomic mass is 10.1. The molecular formula is C21H23ClN4O2. The highest BCUT2D eigenvalue weighted by molar-refractivity contribution is 6.31. The predicted molar refractivity (Wildman–Crippen MR) is 109 cm³/mol. The van der Waals surface area contributed by atoms with E-state index in [1.54, 1.807) is 31.5 Å². The Labute approximate surface area is 169 Å². The van der Waals surface area contributed by atoms with E-state index in [0.29, 0.717) is 29.4 Å². The SMILES string of the molecule is COc1ccc(Cl)cc1C(=O)N1CC[C@@H](c2nc3ccncc3n2C(C)C)C1. The maximum atomic E-state index is 13.1. The number of rotatable bonds is 4. The third kappa shape index (κ3) is 3.22. The molecule has 0 bridgehead atoms. The molecule has 28 heavy (non-hydrogen) atoms. The molecule has 2 aromatic heterocycles. The lowest BCUT2D eigenvalue weighted by Gasteiger charge is -2.19. The number of carbonyl (C=O) groups is 1. The zero-order valence-corrected chi connectivity index (χ0v) is 17.0. The van der Waals surface area contributed by atoms with Gasteiger partial charge in [0.05, 0.1) is 29.9 Å². The first-order valence-corrected chi connectivity index (χ1v) is 9.82. The van der Waals surface area contributed by atoms with Crippen molar-refractivity contribution in [3.63, 3.8) is 0 Å². The minimum Gasteiger partial charge on any atom is -0.496 e. The minimum absolute atomic E-state index is 0.0595. The van der Waals surface area contributed by atoms with Crippen LogP contribution in [0.1, 0.15) is 48.4 Å². The number of aromatic nitrogens is 3. The van der Waals surface area contributed by atoms with E-state index in [1.165, 1.54) is 0 Å². The Kier molecular flexibility index (Phi) is 4.98. The van der Waals surface area contributed by atoms with Crippen molar-refractivity contribution in [3.8, 4) is 5.75 Å². The van der Waals surface area contributed by atoms with Gasteiger partial charge in [-0.3, -0.25) is 9.78 Å². The molecule has 0 unspecified atom stereocenters. The Hall–Kier alpha value is -2.60. The van der Waals surface area contributed by atoms with Crippen molar-refractivity contribution in [2.75, 3.05) is 20.2 Å². The molecule has 0 saturated carbocycles.